The molecule has 186 valence electrons. The molecule has 2 aromatic carbocycles. The summed E-state index contributed by atoms with van der Waals surface area (Å²) in [5.74, 6) is 1.74. The standard InChI is InChI=1S/C30H29FN6/c1-35-18-22-19-36(17-20-13-15-21(16-14-20)24-9-6-12-27(31)33-24)29(32-23-7-3-2-4-8-23)28(22)37-26-11-5-10-25(26)34-30(35)37/h2-4,6-9,12-16,19,25-26,32H,5,10-11,17-18H2,1H3/t25-,26+/m1/s1. The first kappa shape index (κ1) is 22.1. The van der Waals surface area contributed by atoms with Crippen LogP contribution in [-0.4, -0.2) is 39.5 Å². The fraction of sp³-hybridized carbons (Fsp3) is 0.267. The minimum atomic E-state index is -0.463. The van der Waals surface area contributed by atoms with E-state index in [1.165, 1.54) is 42.1 Å². The van der Waals surface area contributed by atoms with Gasteiger partial charge in [-0.05, 0) is 49.1 Å². The molecule has 0 radical (unpaired) electrons. The minimum absolute atomic E-state index is 0.389. The van der Waals surface area contributed by atoms with Gasteiger partial charge < -0.3 is 19.7 Å². The Morgan fingerprint density at radius 3 is 2.62 bits per heavy atom. The van der Waals surface area contributed by atoms with E-state index >= 15 is 0 Å². The number of aliphatic imine (C=N–C) groups is 1. The summed E-state index contributed by atoms with van der Waals surface area (Å²) in [6.07, 6.45) is 5.87. The first-order valence-corrected chi connectivity index (χ1v) is 13.0. The number of rotatable bonds is 5. The van der Waals surface area contributed by atoms with E-state index in [1.807, 2.05) is 24.3 Å². The van der Waals surface area contributed by atoms with Crippen LogP contribution in [0, 0.1) is 5.95 Å². The van der Waals surface area contributed by atoms with Gasteiger partial charge in [0.2, 0.25) is 11.9 Å². The maximum atomic E-state index is 13.6. The van der Waals surface area contributed by atoms with E-state index in [4.69, 9.17) is 4.99 Å². The van der Waals surface area contributed by atoms with E-state index in [9.17, 15) is 4.39 Å². The molecular formula is C30H29FN6. The number of nitrogens with one attached hydrogen (secondary N) is 1. The van der Waals surface area contributed by atoms with Crippen LogP contribution in [0.3, 0.4) is 0 Å². The molecule has 2 atom stereocenters. The van der Waals surface area contributed by atoms with Crippen molar-refractivity contribution in [2.75, 3.05) is 17.3 Å². The van der Waals surface area contributed by atoms with Crippen molar-refractivity contribution in [2.45, 2.75) is 44.4 Å². The zero-order valence-electron chi connectivity index (χ0n) is 20.8. The molecule has 2 aliphatic heterocycles. The number of hydrogen-bond acceptors (Lipinski definition) is 5. The van der Waals surface area contributed by atoms with Gasteiger partial charge in [-0.1, -0.05) is 48.5 Å². The fourth-order valence-corrected chi connectivity index (χ4v) is 6.05. The van der Waals surface area contributed by atoms with Gasteiger partial charge >= 0.3 is 0 Å². The molecular weight excluding hydrogens is 463 g/mol. The third-order valence-corrected chi connectivity index (χ3v) is 7.74. The lowest BCUT2D eigenvalue weighted by molar-refractivity contribution is 0.476. The highest BCUT2D eigenvalue weighted by Crippen LogP contribution is 2.46. The van der Waals surface area contributed by atoms with E-state index in [-0.39, 0.29) is 0 Å². The van der Waals surface area contributed by atoms with Gasteiger partial charge in [0.1, 0.15) is 5.82 Å². The number of hydrogen-bond donors (Lipinski definition) is 1. The van der Waals surface area contributed by atoms with Crippen LogP contribution in [0.25, 0.3) is 11.3 Å². The molecule has 7 rings (SSSR count). The normalized spacial score (nSPS) is 19.9. The van der Waals surface area contributed by atoms with Crippen LogP contribution in [-0.2, 0) is 13.1 Å². The Balaban J connectivity index is 1.27. The van der Waals surface area contributed by atoms with Gasteiger partial charge in [0.05, 0.1) is 23.5 Å². The number of para-hydroxylation sites is 1. The Morgan fingerprint density at radius 1 is 0.973 bits per heavy atom. The van der Waals surface area contributed by atoms with Crippen molar-refractivity contribution in [3.8, 4) is 11.3 Å². The molecule has 0 unspecified atom stereocenters. The lowest BCUT2D eigenvalue weighted by Gasteiger charge is -2.37. The summed E-state index contributed by atoms with van der Waals surface area (Å²) in [7, 11) is 2.15. The summed E-state index contributed by atoms with van der Waals surface area (Å²) in [4.78, 5) is 13.9. The van der Waals surface area contributed by atoms with Crippen molar-refractivity contribution in [3.63, 3.8) is 0 Å². The summed E-state index contributed by atoms with van der Waals surface area (Å²) in [6.45, 7) is 1.56. The van der Waals surface area contributed by atoms with Crippen molar-refractivity contribution in [3.05, 3.63) is 96.1 Å². The first-order valence-electron chi connectivity index (χ1n) is 13.0. The number of anilines is 3. The fourth-order valence-electron chi connectivity index (χ4n) is 6.05. The van der Waals surface area contributed by atoms with Gasteiger partial charge in [-0.2, -0.15) is 4.39 Å². The number of nitrogens with zero attached hydrogens (tertiary/aromatic N) is 5. The third-order valence-electron chi connectivity index (χ3n) is 7.74. The lowest BCUT2D eigenvalue weighted by Crippen LogP contribution is -2.47. The van der Waals surface area contributed by atoms with Crippen molar-refractivity contribution in [2.24, 2.45) is 4.99 Å². The Morgan fingerprint density at radius 2 is 1.81 bits per heavy atom. The second-order valence-corrected chi connectivity index (χ2v) is 10.2. The van der Waals surface area contributed by atoms with Gasteiger partial charge in [0.25, 0.3) is 0 Å². The predicted octanol–water partition coefficient (Wildman–Crippen LogP) is 6.02. The maximum absolute atomic E-state index is 13.6. The SMILES string of the molecule is CN1Cc2cn(Cc3ccc(-c4cccc(F)n4)cc3)c(Nc3ccccc3)c2N2C1=N[C@@H]1CCC[C@@H]12. The molecule has 1 aliphatic carbocycles. The monoisotopic (exact) mass is 492 g/mol. The summed E-state index contributed by atoms with van der Waals surface area (Å²) < 4.78 is 15.9. The van der Waals surface area contributed by atoms with Gasteiger partial charge in [0.15, 0.2) is 0 Å². The maximum Gasteiger partial charge on any atom is 0.213 e. The van der Waals surface area contributed by atoms with E-state index < -0.39 is 5.95 Å². The zero-order chi connectivity index (χ0) is 24.9. The highest BCUT2D eigenvalue weighted by atomic mass is 19.1. The van der Waals surface area contributed by atoms with Crippen LogP contribution >= 0.6 is 0 Å². The van der Waals surface area contributed by atoms with Crippen LogP contribution < -0.4 is 10.2 Å². The summed E-state index contributed by atoms with van der Waals surface area (Å²) in [5, 5.41) is 3.75. The van der Waals surface area contributed by atoms with Gasteiger partial charge in [-0.15, -0.1) is 0 Å². The molecule has 0 amide bonds. The molecule has 7 heteroatoms. The summed E-state index contributed by atoms with van der Waals surface area (Å²) in [6, 6.07) is 24.4. The molecule has 1 saturated carbocycles. The highest BCUT2D eigenvalue weighted by Gasteiger charge is 2.46. The Labute approximate surface area is 216 Å². The quantitative estimate of drug-likeness (QED) is 0.346. The number of pyridine rings is 1. The van der Waals surface area contributed by atoms with Crippen LogP contribution in [0.1, 0.15) is 30.4 Å². The van der Waals surface area contributed by atoms with E-state index in [0.717, 1.165) is 36.1 Å². The number of halogens is 1. The van der Waals surface area contributed by atoms with Crippen LogP contribution in [0.2, 0.25) is 0 Å². The molecule has 37 heavy (non-hydrogen) atoms. The Hall–Kier alpha value is -4.13. The van der Waals surface area contributed by atoms with Gasteiger partial charge in [0, 0.05) is 43.1 Å². The topological polar surface area (TPSA) is 48.7 Å². The largest absolute Gasteiger partial charge is 0.341 e. The average molecular weight is 493 g/mol. The van der Waals surface area contributed by atoms with E-state index in [1.54, 1.807) is 6.07 Å². The van der Waals surface area contributed by atoms with E-state index in [0.29, 0.717) is 17.8 Å². The number of fused-ring (bicyclic) bond motifs is 5. The third kappa shape index (κ3) is 3.86. The first-order chi connectivity index (χ1) is 18.1. The molecule has 4 aromatic rings. The Bertz CT molecular complexity index is 1480. The summed E-state index contributed by atoms with van der Waals surface area (Å²) in [5.41, 5.74) is 6.36. The molecule has 1 N–H and O–H groups in total. The Kier molecular flexibility index (Phi) is 5.23. The number of benzene rings is 2. The number of aromatic nitrogens is 2. The lowest BCUT2D eigenvalue weighted by atomic mass is 10.1. The van der Waals surface area contributed by atoms with Crippen LogP contribution in [0.4, 0.5) is 21.6 Å². The second-order valence-electron chi connectivity index (χ2n) is 10.2. The molecule has 6 nitrogen and oxygen atoms in total. The minimum Gasteiger partial charge on any atom is -0.341 e. The molecule has 2 aromatic heterocycles. The van der Waals surface area contributed by atoms with Crippen molar-refractivity contribution in [1.29, 1.82) is 0 Å². The van der Waals surface area contributed by atoms with Crippen LogP contribution in [0.5, 0.6) is 0 Å². The van der Waals surface area contributed by atoms with Crippen molar-refractivity contribution in [1.82, 2.24) is 14.5 Å². The number of guanidine groups is 1. The van der Waals surface area contributed by atoms with Crippen LogP contribution in [0.15, 0.2) is 84.0 Å². The molecule has 4 heterocycles. The van der Waals surface area contributed by atoms with Gasteiger partial charge in [-0.3, -0.25) is 0 Å². The van der Waals surface area contributed by atoms with Crippen molar-refractivity contribution < 1.29 is 4.39 Å². The highest BCUT2D eigenvalue weighted by molar-refractivity contribution is 6.04. The second kappa shape index (κ2) is 8.76. The van der Waals surface area contributed by atoms with Crippen molar-refractivity contribution >= 4 is 23.2 Å². The molecule has 0 saturated heterocycles. The summed E-state index contributed by atoms with van der Waals surface area (Å²) >= 11 is 0. The molecule has 0 bridgehead atoms. The molecule has 1 fully saturated rings. The molecule has 3 aliphatic rings. The van der Waals surface area contributed by atoms with Gasteiger partial charge in [-0.25, -0.2) is 9.98 Å². The predicted molar refractivity (Wildman–Crippen MR) is 146 cm³/mol. The smallest absolute Gasteiger partial charge is 0.213 e. The molecule has 0 spiro atoms. The average Bonchev–Trinajstić information content (AvgIpc) is 3.59. The van der Waals surface area contributed by atoms with E-state index in [2.05, 4.69) is 74.3 Å². The zero-order valence-corrected chi connectivity index (χ0v) is 20.8.